The van der Waals surface area contributed by atoms with Gasteiger partial charge in [0.05, 0.1) is 5.56 Å². The molecule has 4 nitrogen and oxygen atoms in total. The molecule has 1 heterocycles. The molecular formula is C16H23ClN2O2. The lowest BCUT2D eigenvalue weighted by Crippen LogP contribution is -2.40. The Bertz CT molecular complexity index is 497. The van der Waals surface area contributed by atoms with E-state index in [2.05, 4.69) is 5.32 Å². The number of hydrogen-bond acceptors (Lipinski definition) is 3. The van der Waals surface area contributed by atoms with E-state index in [1.54, 1.807) is 18.2 Å². The molecule has 0 saturated carbocycles. The van der Waals surface area contributed by atoms with E-state index in [1.165, 1.54) is 6.92 Å². The first-order valence-corrected chi connectivity index (χ1v) is 7.17. The summed E-state index contributed by atoms with van der Waals surface area (Å²) in [5.41, 5.74) is 1.06. The van der Waals surface area contributed by atoms with Crippen molar-refractivity contribution < 1.29 is 9.59 Å². The van der Waals surface area contributed by atoms with E-state index < -0.39 is 0 Å². The van der Waals surface area contributed by atoms with Gasteiger partial charge in [-0.1, -0.05) is 18.2 Å². The van der Waals surface area contributed by atoms with E-state index in [4.69, 9.17) is 0 Å². The Balaban J connectivity index is 0.00000220. The van der Waals surface area contributed by atoms with Gasteiger partial charge in [-0.15, -0.1) is 12.4 Å². The lowest BCUT2D eigenvalue weighted by Gasteiger charge is -2.32. The van der Waals surface area contributed by atoms with Crippen molar-refractivity contribution in [2.45, 2.75) is 19.8 Å². The molecule has 1 aliphatic rings. The summed E-state index contributed by atoms with van der Waals surface area (Å²) in [5.74, 6) is 0.574. The van der Waals surface area contributed by atoms with Gasteiger partial charge in [-0.05, 0) is 45.3 Å². The molecule has 1 aliphatic heterocycles. The van der Waals surface area contributed by atoms with E-state index in [9.17, 15) is 9.59 Å². The molecule has 1 saturated heterocycles. The zero-order chi connectivity index (χ0) is 14.5. The predicted octanol–water partition coefficient (Wildman–Crippen LogP) is 2.38. The molecule has 116 valence electrons. The molecule has 0 aliphatic carbocycles. The number of carbonyl (C=O) groups excluding carboxylic acids is 2. The smallest absolute Gasteiger partial charge is 0.254 e. The zero-order valence-corrected chi connectivity index (χ0v) is 13.4. The first-order chi connectivity index (χ1) is 9.63. The van der Waals surface area contributed by atoms with Crippen LogP contribution in [-0.4, -0.2) is 43.3 Å². The van der Waals surface area contributed by atoms with Crippen LogP contribution in [0.3, 0.4) is 0 Å². The minimum atomic E-state index is -0.0565. The monoisotopic (exact) mass is 310 g/mol. The fourth-order valence-electron chi connectivity index (χ4n) is 2.78. The standard InChI is InChI=1S/C16H22N2O2.ClH/c1-12(19)14-5-3-4-6-15(14)16(20)18-9-7-13(8-10-18)11-17-2;/h3-6,13,17H,7-11H2,1-2H3;1H. The van der Waals surface area contributed by atoms with Crippen molar-refractivity contribution in [3.63, 3.8) is 0 Å². The van der Waals surface area contributed by atoms with Crippen LogP contribution in [0.15, 0.2) is 24.3 Å². The zero-order valence-electron chi connectivity index (χ0n) is 12.6. The first kappa shape index (κ1) is 17.7. The van der Waals surface area contributed by atoms with E-state index in [-0.39, 0.29) is 24.1 Å². The van der Waals surface area contributed by atoms with Crippen LogP contribution in [0.5, 0.6) is 0 Å². The van der Waals surface area contributed by atoms with Gasteiger partial charge >= 0.3 is 0 Å². The highest BCUT2D eigenvalue weighted by Gasteiger charge is 2.25. The van der Waals surface area contributed by atoms with Gasteiger partial charge in [0.2, 0.25) is 0 Å². The number of ketones is 1. The van der Waals surface area contributed by atoms with Gasteiger partial charge in [0.1, 0.15) is 0 Å². The molecule has 1 N–H and O–H groups in total. The third-order valence-corrected chi connectivity index (χ3v) is 3.93. The summed E-state index contributed by atoms with van der Waals surface area (Å²) in [7, 11) is 1.96. The second kappa shape index (κ2) is 8.15. The molecule has 1 aromatic rings. The molecule has 0 aromatic heterocycles. The number of piperidine rings is 1. The molecule has 0 unspecified atom stereocenters. The number of nitrogens with zero attached hydrogens (tertiary/aromatic N) is 1. The number of nitrogens with one attached hydrogen (secondary N) is 1. The summed E-state index contributed by atoms with van der Waals surface area (Å²) < 4.78 is 0. The van der Waals surface area contributed by atoms with Gasteiger partial charge in [-0.25, -0.2) is 0 Å². The Kier molecular flexibility index (Phi) is 6.85. The topological polar surface area (TPSA) is 49.4 Å². The van der Waals surface area contributed by atoms with Gasteiger partial charge in [0.15, 0.2) is 5.78 Å². The molecule has 21 heavy (non-hydrogen) atoms. The Morgan fingerprint density at radius 3 is 2.29 bits per heavy atom. The van der Waals surface area contributed by atoms with Crippen molar-refractivity contribution in [3.05, 3.63) is 35.4 Å². The summed E-state index contributed by atoms with van der Waals surface area (Å²) in [6.45, 7) is 4.06. The van der Waals surface area contributed by atoms with Gasteiger partial charge in [0.25, 0.3) is 5.91 Å². The quantitative estimate of drug-likeness (QED) is 0.869. The maximum absolute atomic E-state index is 12.5. The van der Waals surface area contributed by atoms with Gasteiger partial charge in [-0.3, -0.25) is 9.59 Å². The van der Waals surface area contributed by atoms with E-state index >= 15 is 0 Å². The number of likely N-dealkylation sites (tertiary alicyclic amines) is 1. The lowest BCUT2D eigenvalue weighted by molar-refractivity contribution is 0.0687. The summed E-state index contributed by atoms with van der Waals surface area (Å²) in [6.07, 6.45) is 2.05. The third-order valence-electron chi connectivity index (χ3n) is 3.93. The predicted molar refractivity (Wildman–Crippen MR) is 86.2 cm³/mol. The van der Waals surface area contributed by atoms with Crippen LogP contribution in [-0.2, 0) is 0 Å². The third kappa shape index (κ3) is 4.29. The van der Waals surface area contributed by atoms with Crippen molar-refractivity contribution in [3.8, 4) is 0 Å². The van der Waals surface area contributed by atoms with Crippen LogP contribution in [0.2, 0.25) is 0 Å². The molecule has 0 atom stereocenters. The average molecular weight is 311 g/mol. The Labute approximate surface area is 132 Å². The molecule has 0 spiro atoms. The van der Waals surface area contributed by atoms with E-state index in [1.807, 2.05) is 18.0 Å². The number of rotatable bonds is 4. The van der Waals surface area contributed by atoms with Crippen LogP contribution in [0.4, 0.5) is 0 Å². The minimum absolute atomic E-state index is 0. The summed E-state index contributed by atoms with van der Waals surface area (Å²) in [6, 6.07) is 7.09. The van der Waals surface area contributed by atoms with Crippen LogP contribution in [0.1, 0.15) is 40.5 Å². The second-order valence-electron chi connectivity index (χ2n) is 5.40. The van der Waals surface area contributed by atoms with Gasteiger partial charge < -0.3 is 10.2 Å². The summed E-state index contributed by atoms with van der Waals surface area (Å²) >= 11 is 0. The fraction of sp³-hybridized carbons (Fsp3) is 0.500. The molecule has 2 rings (SSSR count). The fourth-order valence-corrected chi connectivity index (χ4v) is 2.78. The highest BCUT2D eigenvalue weighted by Crippen LogP contribution is 2.20. The van der Waals surface area contributed by atoms with Crippen molar-refractivity contribution in [1.82, 2.24) is 10.2 Å². The van der Waals surface area contributed by atoms with E-state index in [0.717, 1.165) is 32.5 Å². The lowest BCUT2D eigenvalue weighted by atomic mass is 9.95. The number of hydrogen-bond donors (Lipinski definition) is 1. The van der Waals surface area contributed by atoms with Crippen molar-refractivity contribution in [2.75, 3.05) is 26.7 Å². The van der Waals surface area contributed by atoms with Gasteiger partial charge in [-0.2, -0.15) is 0 Å². The highest BCUT2D eigenvalue weighted by atomic mass is 35.5. The van der Waals surface area contributed by atoms with Gasteiger partial charge in [0, 0.05) is 18.7 Å². The number of amides is 1. The van der Waals surface area contributed by atoms with Crippen LogP contribution >= 0.6 is 12.4 Å². The average Bonchev–Trinajstić information content (AvgIpc) is 2.47. The van der Waals surface area contributed by atoms with Crippen molar-refractivity contribution in [2.24, 2.45) is 5.92 Å². The van der Waals surface area contributed by atoms with Crippen molar-refractivity contribution >= 4 is 24.1 Å². The molecule has 1 aromatic carbocycles. The Morgan fingerprint density at radius 2 is 1.76 bits per heavy atom. The SMILES string of the molecule is CNCC1CCN(C(=O)c2ccccc2C(C)=O)CC1.Cl. The minimum Gasteiger partial charge on any atom is -0.339 e. The maximum atomic E-state index is 12.5. The Hall–Kier alpha value is -1.39. The number of Topliss-reactive ketones (excluding diaryl/α,β-unsaturated/α-hetero) is 1. The highest BCUT2D eigenvalue weighted by molar-refractivity contribution is 6.07. The van der Waals surface area contributed by atoms with Crippen LogP contribution in [0, 0.1) is 5.92 Å². The maximum Gasteiger partial charge on any atom is 0.254 e. The second-order valence-corrected chi connectivity index (χ2v) is 5.40. The largest absolute Gasteiger partial charge is 0.339 e. The van der Waals surface area contributed by atoms with Crippen LogP contribution in [0.25, 0.3) is 0 Å². The molecule has 1 amide bonds. The van der Waals surface area contributed by atoms with E-state index in [0.29, 0.717) is 17.0 Å². The summed E-state index contributed by atoms with van der Waals surface area (Å²) in [4.78, 5) is 26.0. The van der Waals surface area contributed by atoms with Crippen LogP contribution < -0.4 is 5.32 Å². The summed E-state index contributed by atoms with van der Waals surface area (Å²) in [5, 5.41) is 3.19. The Morgan fingerprint density at radius 1 is 1.19 bits per heavy atom. The molecular weight excluding hydrogens is 288 g/mol. The number of benzene rings is 1. The molecule has 0 radical (unpaired) electrons. The van der Waals surface area contributed by atoms with Crippen molar-refractivity contribution in [1.29, 1.82) is 0 Å². The molecule has 0 bridgehead atoms. The normalized spacial score (nSPS) is 15.4. The molecule has 5 heteroatoms. The molecule has 1 fully saturated rings. The first-order valence-electron chi connectivity index (χ1n) is 7.17. The number of halogens is 1. The number of carbonyl (C=O) groups is 2.